The number of hydrogen-bond donors (Lipinski definition) is 0. The molecule has 0 radical (unpaired) electrons. The van der Waals surface area contributed by atoms with Crippen LogP contribution in [0.15, 0.2) is 158 Å². The molecule has 1 aliphatic carbocycles. The van der Waals surface area contributed by atoms with E-state index in [2.05, 4.69) is 290 Å². The van der Waals surface area contributed by atoms with Crippen molar-refractivity contribution in [2.45, 2.75) is 170 Å². The van der Waals surface area contributed by atoms with Gasteiger partial charge in [-0.15, -0.1) is 11.3 Å². The molecule has 3 atom stereocenters. The SMILES string of the molecule is CC(C)(C)c1ccc2c(c1)B1c3cc(C(C)(C)C)ccc3N(c3ccc(C(C)(C)C)cc3-c3ccccc3)c3cc(N4c5ccc(C(C)(C)C)cc5C5(C)CC(C(C)(C)C)CCC45C)cc(c31)N2c1ccc2c(c1)sc1ccccc12. The van der Waals surface area contributed by atoms with E-state index in [1.807, 2.05) is 11.3 Å². The van der Waals surface area contributed by atoms with Gasteiger partial charge in [-0.25, -0.2) is 0 Å². The lowest BCUT2D eigenvalue weighted by Crippen LogP contribution is -2.62. The first-order chi connectivity index (χ1) is 38.0. The van der Waals surface area contributed by atoms with Crippen LogP contribution in [0.3, 0.4) is 0 Å². The van der Waals surface area contributed by atoms with Crippen molar-refractivity contribution < 1.29 is 0 Å². The van der Waals surface area contributed by atoms with E-state index in [0.29, 0.717) is 5.92 Å². The van der Waals surface area contributed by atoms with Gasteiger partial charge in [0.1, 0.15) is 0 Å². The number of fused-ring (bicyclic) bond motifs is 10. The van der Waals surface area contributed by atoms with E-state index in [4.69, 9.17) is 0 Å². The summed E-state index contributed by atoms with van der Waals surface area (Å²) in [7, 11) is 0. The van der Waals surface area contributed by atoms with Crippen molar-refractivity contribution in [3.05, 3.63) is 186 Å². The molecule has 0 spiro atoms. The maximum Gasteiger partial charge on any atom is 0.252 e. The average molecular weight is 1080 g/mol. The predicted molar refractivity (Wildman–Crippen MR) is 355 cm³/mol. The number of rotatable bonds is 4. The Morgan fingerprint density at radius 2 is 0.975 bits per heavy atom. The minimum atomic E-state index is -0.217. The van der Waals surface area contributed by atoms with Crippen molar-refractivity contribution in [2.75, 3.05) is 14.7 Å². The summed E-state index contributed by atoms with van der Waals surface area (Å²) in [5.74, 6) is 0.596. The van der Waals surface area contributed by atoms with E-state index < -0.39 is 0 Å². The maximum absolute atomic E-state index is 2.86. The van der Waals surface area contributed by atoms with Crippen molar-refractivity contribution in [1.82, 2.24) is 0 Å². The highest BCUT2D eigenvalue weighted by Crippen LogP contribution is 2.65. The predicted octanol–water partition coefficient (Wildman–Crippen LogP) is 20.0. The third-order valence-corrected chi connectivity index (χ3v) is 21.2. The minimum Gasteiger partial charge on any atom is -0.334 e. The number of anilines is 8. The highest BCUT2D eigenvalue weighted by Gasteiger charge is 2.61. The maximum atomic E-state index is 2.86. The van der Waals surface area contributed by atoms with Gasteiger partial charge >= 0.3 is 0 Å². The van der Waals surface area contributed by atoms with Gasteiger partial charge in [0.15, 0.2) is 0 Å². The zero-order valence-electron chi connectivity index (χ0n) is 51.5. The number of thiophene rings is 1. The second-order valence-corrected chi connectivity index (χ2v) is 31.5. The molecule has 0 saturated heterocycles. The van der Waals surface area contributed by atoms with Crippen LogP contribution in [0.5, 0.6) is 0 Å². The topological polar surface area (TPSA) is 9.72 Å². The van der Waals surface area contributed by atoms with E-state index >= 15 is 0 Å². The molecule has 5 heteroatoms. The molecule has 3 aliphatic heterocycles. The summed E-state index contributed by atoms with van der Waals surface area (Å²) in [6.07, 6.45) is 3.43. The number of benzene rings is 8. The molecule has 412 valence electrons. The number of hydrogen-bond acceptors (Lipinski definition) is 4. The van der Waals surface area contributed by atoms with Crippen LogP contribution in [0, 0.1) is 11.3 Å². The van der Waals surface area contributed by atoms with Gasteiger partial charge in [0.2, 0.25) is 0 Å². The highest BCUT2D eigenvalue weighted by atomic mass is 32.1. The second-order valence-electron chi connectivity index (χ2n) is 30.4. The van der Waals surface area contributed by atoms with Crippen LogP contribution in [0.1, 0.15) is 165 Å². The van der Waals surface area contributed by atoms with Gasteiger partial charge in [-0.1, -0.05) is 208 Å². The molecule has 9 aromatic rings. The molecule has 0 bridgehead atoms. The smallest absolute Gasteiger partial charge is 0.252 e. The quantitative estimate of drug-likeness (QED) is 0.163. The first-order valence-corrected chi connectivity index (χ1v) is 31.0. The Balaban J connectivity index is 1.18. The van der Waals surface area contributed by atoms with E-state index in [0.717, 1.165) is 12.8 Å². The lowest BCUT2D eigenvalue weighted by molar-refractivity contribution is 0.0786. The summed E-state index contributed by atoms with van der Waals surface area (Å²) in [5.41, 5.74) is 23.1. The first-order valence-electron chi connectivity index (χ1n) is 30.2. The van der Waals surface area contributed by atoms with Crippen LogP contribution in [0.25, 0.3) is 31.3 Å². The fourth-order valence-electron chi connectivity index (χ4n) is 14.9. The summed E-state index contributed by atoms with van der Waals surface area (Å²) in [5, 5.41) is 2.64. The molecule has 1 saturated carbocycles. The zero-order valence-corrected chi connectivity index (χ0v) is 52.4. The van der Waals surface area contributed by atoms with Gasteiger partial charge in [-0.05, 0) is 170 Å². The summed E-state index contributed by atoms with van der Waals surface area (Å²) in [6, 6.07) is 62.7. The molecular weight excluding hydrogens is 998 g/mol. The Hall–Kier alpha value is -6.56. The normalized spacial score (nSPS) is 19.9. The van der Waals surface area contributed by atoms with Crippen molar-refractivity contribution in [1.29, 1.82) is 0 Å². The third kappa shape index (κ3) is 8.39. The van der Waals surface area contributed by atoms with E-state index in [9.17, 15) is 0 Å². The fourth-order valence-corrected chi connectivity index (χ4v) is 16.0. The Bertz CT molecular complexity index is 4020. The lowest BCUT2D eigenvalue weighted by atomic mass is 9.33. The Morgan fingerprint density at radius 3 is 1.58 bits per heavy atom. The number of nitrogens with zero attached hydrogens (tertiary/aromatic N) is 3. The van der Waals surface area contributed by atoms with Gasteiger partial charge in [0.05, 0.1) is 11.2 Å². The van der Waals surface area contributed by atoms with E-state index in [-0.39, 0.29) is 44.7 Å². The fraction of sp³-hybridized carbons (Fsp3) is 0.368. The van der Waals surface area contributed by atoms with Gasteiger partial charge in [-0.2, -0.15) is 0 Å². The molecule has 4 aliphatic rings. The highest BCUT2D eigenvalue weighted by molar-refractivity contribution is 7.25. The van der Waals surface area contributed by atoms with Crippen LogP contribution in [0.4, 0.5) is 45.5 Å². The molecule has 0 amide bonds. The molecule has 13 rings (SSSR count). The minimum absolute atomic E-state index is 0.00825. The lowest BCUT2D eigenvalue weighted by Gasteiger charge is -2.55. The van der Waals surface area contributed by atoms with Crippen LogP contribution >= 0.6 is 11.3 Å². The van der Waals surface area contributed by atoms with Crippen molar-refractivity contribution in [3.63, 3.8) is 0 Å². The van der Waals surface area contributed by atoms with Gasteiger partial charge in [0, 0.05) is 71.0 Å². The molecule has 81 heavy (non-hydrogen) atoms. The molecule has 3 nitrogen and oxygen atoms in total. The van der Waals surface area contributed by atoms with Crippen molar-refractivity contribution in [3.8, 4) is 11.1 Å². The van der Waals surface area contributed by atoms with E-state index in [1.54, 1.807) is 0 Å². The van der Waals surface area contributed by atoms with E-state index in [1.165, 1.54) is 127 Å². The molecular formula is C76H84BN3S. The third-order valence-electron chi connectivity index (χ3n) is 20.1. The van der Waals surface area contributed by atoms with Crippen molar-refractivity contribution >= 4 is 100 Å². The molecule has 4 heterocycles. The Morgan fingerprint density at radius 1 is 0.457 bits per heavy atom. The molecule has 3 unspecified atom stereocenters. The Kier molecular flexibility index (Phi) is 11.9. The molecule has 8 aromatic carbocycles. The molecule has 0 N–H and O–H groups in total. The standard InChI is InChI=1S/C76H84BN3S/c1-70(2,3)48-27-33-61(57(39-48)47-23-19-18-20-24-47)79-64-36-30-51(73(10,11)12)42-60(64)77-59-41-50(72(7,8)9)29-35-63(59)78(53-31-32-56-55-25-21-22-26-67(55)81-68(56)45-53)65-43-54(44-66(79)69(65)77)80-62-34-28-49(71(4,5)6)40-58(62)75(16)46-52(74(13,14)15)37-38-76(75,80)17/h18-36,39-45,52H,37-38,46H2,1-17H3. The van der Waals surface area contributed by atoms with Crippen molar-refractivity contribution in [2.24, 2.45) is 11.3 Å². The van der Waals surface area contributed by atoms with Gasteiger partial charge in [-0.3, -0.25) is 0 Å². The summed E-state index contributed by atoms with van der Waals surface area (Å²) in [6.45, 7) is 41.1. The van der Waals surface area contributed by atoms with Crippen LogP contribution < -0.4 is 31.1 Å². The second kappa shape index (κ2) is 18.0. The van der Waals surface area contributed by atoms with Crippen LogP contribution in [-0.4, -0.2) is 12.3 Å². The Labute approximate surface area is 489 Å². The monoisotopic (exact) mass is 1080 g/mol. The first kappa shape index (κ1) is 53.7. The van der Waals surface area contributed by atoms with Crippen LogP contribution in [-0.2, 0) is 27.1 Å². The summed E-state index contributed by atoms with van der Waals surface area (Å²) < 4.78 is 2.63. The average Bonchev–Trinajstić information content (AvgIpc) is 3.00. The largest absolute Gasteiger partial charge is 0.334 e. The molecule has 1 fully saturated rings. The van der Waals surface area contributed by atoms with Gasteiger partial charge in [0.25, 0.3) is 6.71 Å². The van der Waals surface area contributed by atoms with Gasteiger partial charge < -0.3 is 14.7 Å². The van der Waals surface area contributed by atoms with Crippen LogP contribution in [0.2, 0.25) is 0 Å². The molecule has 1 aromatic heterocycles. The summed E-state index contributed by atoms with van der Waals surface area (Å²) in [4.78, 5) is 8.25. The zero-order chi connectivity index (χ0) is 57.3. The summed E-state index contributed by atoms with van der Waals surface area (Å²) >= 11 is 1.91.